The molecule has 0 aliphatic heterocycles. The molecule has 0 unspecified atom stereocenters. The number of para-hydroxylation sites is 1. The predicted octanol–water partition coefficient (Wildman–Crippen LogP) is 4.79. The van der Waals surface area contributed by atoms with E-state index in [1.54, 1.807) is 22.8 Å². The van der Waals surface area contributed by atoms with E-state index >= 15 is 0 Å². The average molecular weight is 454 g/mol. The molecule has 5 rings (SSSR count). The number of carbonyl (C=O) groups is 1. The minimum atomic E-state index is -0.190. The van der Waals surface area contributed by atoms with Gasteiger partial charge in [0, 0.05) is 24.5 Å². The van der Waals surface area contributed by atoms with Gasteiger partial charge >= 0.3 is 0 Å². The fourth-order valence-electron chi connectivity index (χ4n) is 3.92. The molecule has 3 heterocycles. The van der Waals surface area contributed by atoms with Crippen LogP contribution in [0, 0.1) is 6.92 Å². The summed E-state index contributed by atoms with van der Waals surface area (Å²) in [4.78, 5) is 20.4. The molecule has 0 saturated carbocycles. The maximum Gasteiger partial charge on any atom is 0.259 e. The molecule has 0 aliphatic rings. The Kier molecular flexibility index (Phi) is 5.55. The summed E-state index contributed by atoms with van der Waals surface area (Å²) in [5, 5.41) is 9.15. The highest BCUT2D eigenvalue weighted by Crippen LogP contribution is 2.30. The summed E-state index contributed by atoms with van der Waals surface area (Å²) in [6.45, 7) is 2.12. The van der Waals surface area contributed by atoms with Gasteiger partial charge in [0.05, 0.1) is 41.7 Å². The van der Waals surface area contributed by atoms with Gasteiger partial charge < -0.3 is 14.2 Å². The van der Waals surface area contributed by atoms with Crippen LogP contribution in [-0.2, 0) is 13.6 Å². The third-order valence-corrected chi connectivity index (χ3v) is 5.64. The molecule has 0 N–H and O–H groups in total. The Bertz CT molecular complexity index is 1460. The molecule has 170 valence electrons. The zero-order valence-corrected chi connectivity index (χ0v) is 19.1. The number of benzene rings is 2. The van der Waals surface area contributed by atoms with E-state index in [0.717, 1.165) is 22.7 Å². The summed E-state index contributed by atoms with van der Waals surface area (Å²) in [5.41, 5.74) is 4.39. The van der Waals surface area contributed by atoms with E-state index in [1.165, 1.54) is 0 Å². The summed E-state index contributed by atoms with van der Waals surface area (Å²) < 4.78 is 12.5. The first-order chi connectivity index (χ1) is 16.5. The van der Waals surface area contributed by atoms with Crippen LogP contribution in [0.1, 0.15) is 21.7 Å². The maximum atomic E-state index is 14.1. The van der Waals surface area contributed by atoms with Gasteiger partial charge in [-0.15, -0.1) is 0 Å². The number of nitrogens with zero attached hydrogens (tertiary/aromatic N) is 5. The normalized spacial score (nSPS) is 11.0. The molecule has 8 nitrogen and oxygen atoms in total. The Morgan fingerprint density at radius 3 is 2.53 bits per heavy atom. The number of methoxy groups -OCH3 is 1. The van der Waals surface area contributed by atoms with Crippen LogP contribution in [0.15, 0.2) is 77.4 Å². The summed E-state index contributed by atoms with van der Waals surface area (Å²) in [5.74, 6) is 0.549. The van der Waals surface area contributed by atoms with Gasteiger partial charge in [0.15, 0.2) is 0 Å². The SMILES string of the molecule is COc1ccc(-c2cc(C(=O)N(Cc3ccn(C)n3)c3ccccc3)c3c(C)noc3n2)cc1. The number of carbonyl (C=O) groups excluding carboxylic acids is 1. The van der Waals surface area contributed by atoms with Crippen LogP contribution in [0.5, 0.6) is 5.75 Å². The van der Waals surface area contributed by atoms with E-state index in [1.807, 2.05) is 80.8 Å². The molecule has 0 atom stereocenters. The molecule has 2 aromatic carbocycles. The van der Waals surface area contributed by atoms with Gasteiger partial charge in [0.25, 0.3) is 11.6 Å². The lowest BCUT2D eigenvalue weighted by molar-refractivity contribution is 0.0986. The van der Waals surface area contributed by atoms with Crippen molar-refractivity contribution in [2.45, 2.75) is 13.5 Å². The third-order valence-electron chi connectivity index (χ3n) is 5.64. The van der Waals surface area contributed by atoms with Crippen molar-refractivity contribution >= 4 is 22.7 Å². The number of hydrogen-bond acceptors (Lipinski definition) is 6. The lowest BCUT2D eigenvalue weighted by atomic mass is 10.0. The summed E-state index contributed by atoms with van der Waals surface area (Å²) in [6, 6.07) is 20.7. The van der Waals surface area contributed by atoms with Gasteiger partial charge in [-0.2, -0.15) is 5.10 Å². The zero-order valence-electron chi connectivity index (χ0n) is 19.1. The lowest BCUT2D eigenvalue weighted by Crippen LogP contribution is -2.31. The van der Waals surface area contributed by atoms with Crippen molar-refractivity contribution in [3.8, 4) is 17.0 Å². The Balaban J connectivity index is 1.64. The number of hydrogen-bond donors (Lipinski definition) is 0. The summed E-state index contributed by atoms with van der Waals surface area (Å²) >= 11 is 0. The van der Waals surface area contributed by atoms with Gasteiger partial charge in [-0.3, -0.25) is 9.48 Å². The molecule has 0 saturated heterocycles. The molecule has 34 heavy (non-hydrogen) atoms. The van der Waals surface area contributed by atoms with Gasteiger partial charge in [-0.1, -0.05) is 23.4 Å². The highest BCUT2D eigenvalue weighted by atomic mass is 16.5. The fourth-order valence-corrected chi connectivity index (χ4v) is 3.92. The largest absolute Gasteiger partial charge is 0.497 e. The standard InChI is InChI=1S/C26H23N5O3/c1-17-24-22(15-23(27-25(24)34-29-17)18-9-11-21(33-3)12-10-18)26(32)31(20-7-5-4-6-8-20)16-19-13-14-30(2)28-19/h4-15H,16H2,1-3H3. The van der Waals surface area contributed by atoms with Crippen LogP contribution in [0.4, 0.5) is 5.69 Å². The number of ether oxygens (including phenoxy) is 1. The van der Waals surface area contributed by atoms with Crippen LogP contribution >= 0.6 is 0 Å². The van der Waals surface area contributed by atoms with Crippen molar-refractivity contribution in [1.82, 2.24) is 19.9 Å². The van der Waals surface area contributed by atoms with E-state index in [-0.39, 0.29) is 5.91 Å². The molecule has 0 bridgehead atoms. The number of aromatic nitrogens is 4. The van der Waals surface area contributed by atoms with Crippen molar-refractivity contribution in [1.29, 1.82) is 0 Å². The average Bonchev–Trinajstić information content (AvgIpc) is 3.47. The van der Waals surface area contributed by atoms with Crippen molar-refractivity contribution in [2.24, 2.45) is 7.05 Å². The van der Waals surface area contributed by atoms with Gasteiger partial charge in [0.1, 0.15) is 5.75 Å². The number of rotatable bonds is 6. The topological polar surface area (TPSA) is 86.3 Å². The number of fused-ring (bicyclic) bond motifs is 1. The number of anilines is 1. The van der Waals surface area contributed by atoms with Gasteiger partial charge in [-0.25, -0.2) is 4.98 Å². The molecule has 1 amide bonds. The van der Waals surface area contributed by atoms with Crippen molar-refractivity contribution in [3.63, 3.8) is 0 Å². The van der Waals surface area contributed by atoms with Crippen LogP contribution in [0.2, 0.25) is 0 Å². The van der Waals surface area contributed by atoms with E-state index in [0.29, 0.717) is 34.6 Å². The fraction of sp³-hybridized carbons (Fsp3) is 0.154. The first kappa shape index (κ1) is 21.4. The van der Waals surface area contributed by atoms with E-state index in [9.17, 15) is 4.79 Å². The second kappa shape index (κ2) is 8.82. The second-order valence-corrected chi connectivity index (χ2v) is 7.94. The Hall–Kier alpha value is -4.46. The number of amides is 1. The van der Waals surface area contributed by atoms with Crippen LogP contribution in [0.3, 0.4) is 0 Å². The molecular weight excluding hydrogens is 430 g/mol. The molecule has 0 spiro atoms. The van der Waals surface area contributed by atoms with E-state index < -0.39 is 0 Å². The third kappa shape index (κ3) is 4.01. The molecule has 0 aliphatic carbocycles. The Morgan fingerprint density at radius 1 is 1.09 bits per heavy atom. The highest BCUT2D eigenvalue weighted by molar-refractivity contribution is 6.14. The van der Waals surface area contributed by atoms with Gasteiger partial charge in [0.2, 0.25) is 0 Å². The monoisotopic (exact) mass is 453 g/mol. The van der Waals surface area contributed by atoms with Crippen molar-refractivity contribution in [2.75, 3.05) is 12.0 Å². The first-order valence-electron chi connectivity index (χ1n) is 10.8. The number of aryl methyl sites for hydroxylation is 2. The van der Waals surface area contributed by atoms with Crippen molar-refractivity contribution in [3.05, 3.63) is 89.9 Å². The van der Waals surface area contributed by atoms with Crippen LogP contribution < -0.4 is 9.64 Å². The molecule has 0 fully saturated rings. The predicted molar refractivity (Wildman–Crippen MR) is 129 cm³/mol. The molecular formula is C26H23N5O3. The quantitative estimate of drug-likeness (QED) is 0.368. The Morgan fingerprint density at radius 2 is 1.85 bits per heavy atom. The van der Waals surface area contributed by atoms with Gasteiger partial charge in [-0.05, 0) is 55.5 Å². The van der Waals surface area contributed by atoms with E-state index in [4.69, 9.17) is 9.26 Å². The molecule has 3 aromatic heterocycles. The maximum absolute atomic E-state index is 14.1. The molecule has 8 heteroatoms. The molecule has 5 aromatic rings. The second-order valence-electron chi connectivity index (χ2n) is 7.94. The van der Waals surface area contributed by atoms with Crippen molar-refractivity contribution < 1.29 is 14.1 Å². The Labute approximate surface area is 196 Å². The number of pyridine rings is 1. The highest BCUT2D eigenvalue weighted by Gasteiger charge is 2.25. The summed E-state index contributed by atoms with van der Waals surface area (Å²) in [7, 11) is 3.47. The minimum Gasteiger partial charge on any atom is -0.497 e. The lowest BCUT2D eigenvalue weighted by Gasteiger charge is -2.22. The minimum absolute atomic E-state index is 0.190. The first-order valence-corrected chi connectivity index (χ1v) is 10.8. The smallest absolute Gasteiger partial charge is 0.259 e. The zero-order chi connectivity index (χ0) is 23.7. The summed E-state index contributed by atoms with van der Waals surface area (Å²) in [6.07, 6.45) is 1.86. The molecule has 0 radical (unpaired) electrons. The van der Waals surface area contributed by atoms with Crippen LogP contribution in [-0.4, -0.2) is 32.9 Å². The van der Waals surface area contributed by atoms with Crippen LogP contribution in [0.25, 0.3) is 22.4 Å². The van der Waals surface area contributed by atoms with E-state index in [2.05, 4.69) is 15.2 Å².